The second-order valence-electron chi connectivity index (χ2n) is 4.29. The predicted molar refractivity (Wildman–Crippen MR) is 73.7 cm³/mol. The molecular formula is C14H13N5. The van der Waals surface area contributed by atoms with Crippen LogP contribution in [0.2, 0.25) is 0 Å². The summed E-state index contributed by atoms with van der Waals surface area (Å²) in [5, 5.41) is 4.43. The maximum atomic E-state index is 5.66. The number of hydrogen-bond acceptors (Lipinski definition) is 4. The van der Waals surface area contributed by atoms with Crippen molar-refractivity contribution in [3.63, 3.8) is 0 Å². The highest BCUT2D eigenvalue weighted by atomic mass is 15.3. The van der Waals surface area contributed by atoms with Crippen molar-refractivity contribution in [2.24, 2.45) is 0 Å². The normalized spacial score (nSPS) is 10.6. The van der Waals surface area contributed by atoms with Crippen molar-refractivity contribution < 1.29 is 0 Å². The number of nitrogen functional groups attached to an aromatic ring is 1. The first-order valence-corrected chi connectivity index (χ1v) is 5.93. The summed E-state index contributed by atoms with van der Waals surface area (Å²) in [6.07, 6.45) is 3.46. The third kappa shape index (κ3) is 2.30. The summed E-state index contributed by atoms with van der Waals surface area (Å²) in [4.78, 5) is 8.54. The molecule has 2 aromatic heterocycles. The molecule has 0 radical (unpaired) electrons. The molecule has 2 heterocycles. The molecule has 3 aromatic rings. The molecule has 5 nitrogen and oxygen atoms in total. The van der Waals surface area contributed by atoms with Gasteiger partial charge in [-0.3, -0.25) is 4.98 Å². The van der Waals surface area contributed by atoms with E-state index in [9.17, 15) is 0 Å². The molecule has 5 heteroatoms. The number of aryl methyl sites for hydroxylation is 1. The fraction of sp³-hybridized carbons (Fsp3) is 0.0714. The SMILES string of the molecule is Cc1ccc(-c2ncn(-c3ccc(N)cc3)n2)cn1. The van der Waals surface area contributed by atoms with Gasteiger partial charge in [0.2, 0.25) is 0 Å². The average Bonchev–Trinajstić information content (AvgIpc) is 2.90. The third-order valence-corrected chi connectivity index (χ3v) is 2.82. The van der Waals surface area contributed by atoms with Gasteiger partial charge in [-0.05, 0) is 43.3 Å². The fourth-order valence-electron chi connectivity index (χ4n) is 1.75. The van der Waals surface area contributed by atoms with Crippen LogP contribution >= 0.6 is 0 Å². The van der Waals surface area contributed by atoms with E-state index in [1.807, 2.05) is 43.3 Å². The van der Waals surface area contributed by atoms with E-state index in [1.54, 1.807) is 17.2 Å². The fourth-order valence-corrected chi connectivity index (χ4v) is 1.75. The molecule has 94 valence electrons. The summed E-state index contributed by atoms with van der Waals surface area (Å²) in [5.74, 6) is 0.657. The van der Waals surface area contributed by atoms with Gasteiger partial charge in [0.15, 0.2) is 5.82 Å². The summed E-state index contributed by atoms with van der Waals surface area (Å²) in [6.45, 7) is 1.95. The second-order valence-corrected chi connectivity index (χ2v) is 4.29. The van der Waals surface area contributed by atoms with Gasteiger partial charge in [-0.25, -0.2) is 9.67 Å². The first-order chi connectivity index (χ1) is 9.22. The van der Waals surface area contributed by atoms with E-state index in [4.69, 9.17) is 5.73 Å². The Labute approximate surface area is 110 Å². The molecule has 0 aliphatic carbocycles. The summed E-state index contributed by atoms with van der Waals surface area (Å²) in [5.41, 5.74) is 9.19. The molecule has 0 atom stereocenters. The van der Waals surface area contributed by atoms with Gasteiger partial charge in [0, 0.05) is 23.1 Å². The lowest BCUT2D eigenvalue weighted by Gasteiger charge is -2.00. The molecule has 0 aliphatic rings. The van der Waals surface area contributed by atoms with Gasteiger partial charge < -0.3 is 5.73 Å². The van der Waals surface area contributed by atoms with Crippen LogP contribution in [-0.4, -0.2) is 19.7 Å². The Balaban J connectivity index is 1.95. The van der Waals surface area contributed by atoms with E-state index in [0.29, 0.717) is 5.82 Å². The number of benzene rings is 1. The molecular weight excluding hydrogens is 238 g/mol. The van der Waals surface area contributed by atoms with Crippen LogP contribution in [-0.2, 0) is 0 Å². The highest BCUT2D eigenvalue weighted by molar-refractivity contribution is 5.53. The minimum Gasteiger partial charge on any atom is -0.399 e. The Morgan fingerprint density at radius 1 is 1.00 bits per heavy atom. The number of nitrogens with two attached hydrogens (primary N) is 1. The number of hydrogen-bond donors (Lipinski definition) is 1. The Morgan fingerprint density at radius 3 is 2.47 bits per heavy atom. The number of aromatic nitrogens is 4. The van der Waals surface area contributed by atoms with Gasteiger partial charge in [0.05, 0.1) is 5.69 Å². The molecule has 2 N–H and O–H groups in total. The first-order valence-electron chi connectivity index (χ1n) is 5.93. The smallest absolute Gasteiger partial charge is 0.183 e. The van der Waals surface area contributed by atoms with Crippen molar-refractivity contribution in [3.8, 4) is 17.1 Å². The minimum absolute atomic E-state index is 0.657. The van der Waals surface area contributed by atoms with Gasteiger partial charge in [-0.2, -0.15) is 0 Å². The van der Waals surface area contributed by atoms with Crippen LogP contribution < -0.4 is 5.73 Å². The largest absolute Gasteiger partial charge is 0.399 e. The first kappa shape index (κ1) is 11.4. The lowest BCUT2D eigenvalue weighted by atomic mass is 10.2. The van der Waals surface area contributed by atoms with E-state index in [-0.39, 0.29) is 0 Å². The van der Waals surface area contributed by atoms with Crippen molar-refractivity contribution in [2.45, 2.75) is 6.92 Å². The lowest BCUT2D eigenvalue weighted by Crippen LogP contribution is -1.95. The van der Waals surface area contributed by atoms with Gasteiger partial charge >= 0.3 is 0 Å². The van der Waals surface area contributed by atoms with Gasteiger partial charge in [-0.15, -0.1) is 5.10 Å². The number of nitrogens with zero attached hydrogens (tertiary/aromatic N) is 4. The minimum atomic E-state index is 0.657. The van der Waals surface area contributed by atoms with Crippen molar-refractivity contribution in [1.82, 2.24) is 19.7 Å². The zero-order valence-electron chi connectivity index (χ0n) is 10.5. The molecule has 0 amide bonds. The van der Waals surface area contributed by atoms with Crippen LogP contribution in [0.15, 0.2) is 48.9 Å². The maximum absolute atomic E-state index is 5.66. The van der Waals surface area contributed by atoms with Gasteiger partial charge in [0.1, 0.15) is 6.33 Å². The number of pyridine rings is 1. The van der Waals surface area contributed by atoms with Crippen LogP contribution in [0.3, 0.4) is 0 Å². The molecule has 0 unspecified atom stereocenters. The quantitative estimate of drug-likeness (QED) is 0.709. The zero-order valence-corrected chi connectivity index (χ0v) is 10.5. The van der Waals surface area contributed by atoms with E-state index < -0.39 is 0 Å². The molecule has 0 fully saturated rings. The van der Waals surface area contributed by atoms with Crippen LogP contribution in [0, 0.1) is 6.92 Å². The number of rotatable bonds is 2. The molecule has 0 aliphatic heterocycles. The summed E-state index contributed by atoms with van der Waals surface area (Å²) >= 11 is 0. The number of anilines is 1. The van der Waals surface area contributed by atoms with E-state index in [2.05, 4.69) is 15.1 Å². The molecule has 0 bridgehead atoms. The van der Waals surface area contributed by atoms with E-state index in [1.165, 1.54) is 0 Å². The molecule has 3 rings (SSSR count). The van der Waals surface area contributed by atoms with Crippen LogP contribution in [0.4, 0.5) is 5.69 Å². The average molecular weight is 251 g/mol. The molecule has 0 saturated carbocycles. The standard InChI is InChI=1S/C14H13N5/c1-10-2-3-11(8-16-10)14-17-9-19(18-14)13-6-4-12(15)5-7-13/h2-9H,15H2,1H3. The van der Waals surface area contributed by atoms with Crippen molar-refractivity contribution in [1.29, 1.82) is 0 Å². The second kappa shape index (κ2) is 4.53. The lowest BCUT2D eigenvalue weighted by molar-refractivity contribution is 0.882. The molecule has 19 heavy (non-hydrogen) atoms. The highest BCUT2D eigenvalue weighted by Crippen LogP contribution is 2.15. The monoisotopic (exact) mass is 251 g/mol. The molecule has 0 spiro atoms. The topological polar surface area (TPSA) is 69.6 Å². The van der Waals surface area contributed by atoms with Crippen LogP contribution in [0.5, 0.6) is 0 Å². The Hall–Kier alpha value is -2.69. The van der Waals surface area contributed by atoms with Crippen LogP contribution in [0.25, 0.3) is 17.1 Å². The Kier molecular flexibility index (Phi) is 2.72. The molecule has 1 aromatic carbocycles. The summed E-state index contributed by atoms with van der Waals surface area (Å²) in [7, 11) is 0. The van der Waals surface area contributed by atoms with E-state index in [0.717, 1.165) is 22.6 Å². The van der Waals surface area contributed by atoms with Gasteiger partial charge in [0.25, 0.3) is 0 Å². The Bertz CT molecular complexity index is 623. The third-order valence-electron chi connectivity index (χ3n) is 2.82. The predicted octanol–water partition coefficient (Wildman–Crippen LogP) is 2.22. The van der Waals surface area contributed by atoms with Crippen molar-refractivity contribution in [3.05, 3.63) is 54.6 Å². The van der Waals surface area contributed by atoms with Crippen LogP contribution in [0.1, 0.15) is 5.69 Å². The van der Waals surface area contributed by atoms with E-state index >= 15 is 0 Å². The Morgan fingerprint density at radius 2 is 1.79 bits per heavy atom. The summed E-state index contributed by atoms with van der Waals surface area (Å²) < 4.78 is 1.72. The van der Waals surface area contributed by atoms with Gasteiger partial charge in [-0.1, -0.05) is 0 Å². The van der Waals surface area contributed by atoms with Crippen molar-refractivity contribution >= 4 is 5.69 Å². The van der Waals surface area contributed by atoms with Crippen molar-refractivity contribution in [2.75, 3.05) is 5.73 Å². The zero-order chi connectivity index (χ0) is 13.2. The maximum Gasteiger partial charge on any atom is 0.183 e. The highest BCUT2D eigenvalue weighted by Gasteiger charge is 2.05. The molecule has 0 saturated heterocycles. The summed E-state index contributed by atoms with van der Waals surface area (Å²) in [6, 6.07) is 11.4.